The SMILES string of the molecule is C#CC(C)NC(=O)N1CCC(OCCC(=O)O)CC1. The number of hydrogen-bond acceptors (Lipinski definition) is 3. The Balaban J connectivity index is 2.23. The van der Waals surface area contributed by atoms with Crippen LogP contribution in [0.15, 0.2) is 0 Å². The maximum Gasteiger partial charge on any atom is 0.318 e. The molecule has 0 saturated carbocycles. The van der Waals surface area contributed by atoms with Gasteiger partial charge in [-0.2, -0.15) is 0 Å². The molecule has 0 aliphatic carbocycles. The molecule has 1 aliphatic rings. The smallest absolute Gasteiger partial charge is 0.318 e. The van der Waals surface area contributed by atoms with Crippen molar-refractivity contribution in [1.29, 1.82) is 0 Å². The summed E-state index contributed by atoms with van der Waals surface area (Å²) in [7, 11) is 0. The molecule has 1 aliphatic heterocycles. The summed E-state index contributed by atoms with van der Waals surface area (Å²) in [5.74, 6) is 1.58. The van der Waals surface area contributed by atoms with Crippen molar-refractivity contribution >= 4 is 12.0 Å². The van der Waals surface area contributed by atoms with Gasteiger partial charge < -0.3 is 20.1 Å². The zero-order valence-corrected chi connectivity index (χ0v) is 11.1. The van der Waals surface area contributed by atoms with Crippen LogP contribution in [0.1, 0.15) is 26.2 Å². The molecule has 0 aromatic carbocycles. The molecule has 0 aromatic rings. The Kier molecular flexibility index (Phi) is 6.16. The second-order valence-corrected chi connectivity index (χ2v) is 4.54. The van der Waals surface area contributed by atoms with Crippen LogP contribution in [-0.4, -0.2) is 53.8 Å². The molecule has 1 fully saturated rings. The van der Waals surface area contributed by atoms with Crippen LogP contribution in [0.2, 0.25) is 0 Å². The lowest BCUT2D eigenvalue weighted by molar-refractivity contribution is -0.138. The summed E-state index contributed by atoms with van der Waals surface area (Å²) in [5.41, 5.74) is 0. The minimum absolute atomic E-state index is 0.0143. The largest absolute Gasteiger partial charge is 0.481 e. The van der Waals surface area contributed by atoms with Crippen LogP contribution < -0.4 is 5.32 Å². The van der Waals surface area contributed by atoms with E-state index in [-0.39, 0.29) is 31.2 Å². The third-order valence-corrected chi connectivity index (χ3v) is 2.99. The molecular formula is C13H20N2O4. The lowest BCUT2D eigenvalue weighted by Gasteiger charge is -2.32. The van der Waals surface area contributed by atoms with E-state index in [1.807, 2.05) is 0 Å². The van der Waals surface area contributed by atoms with E-state index >= 15 is 0 Å². The van der Waals surface area contributed by atoms with Crippen LogP contribution >= 0.6 is 0 Å². The van der Waals surface area contributed by atoms with Gasteiger partial charge in [0, 0.05) is 13.1 Å². The highest BCUT2D eigenvalue weighted by molar-refractivity contribution is 5.75. The first-order valence-electron chi connectivity index (χ1n) is 6.38. The Hall–Kier alpha value is -1.74. The number of aliphatic carboxylic acids is 1. The number of carboxylic acid groups (broad SMARTS) is 1. The standard InChI is InChI=1S/C13H20N2O4/c1-3-10(2)14-13(18)15-7-4-11(5-8-15)19-9-6-12(16)17/h1,10-11H,4-9H2,2H3,(H,14,18)(H,16,17). The molecular weight excluding hydrogens is 248 g/mol. The lowest BCUT2D eigenvalue weighted by atomic mass is 10.1. The minimum Gasteiger partial charge on any atom is -0.481 e. The molecule has 0 bridgehead atoms. The zero-order valence-electron chi connectivity index (χ0n) is 11.1. The van der Waals surface area contributed by atoms with Crippen molar-refractivity contribution < 1.29 is 19.4 Å². The molecule has 1 heterocycles. The van der Waals surface area contributed by atoms with Crippen LogP contribution in [0.25, 0.3) is 0 Å². The topological polar surface area (TPSA) is 78.9 Å². The van der Waals surface area contributed by atoms with Crippen molar-refractivity contribution in [3.05, 3.63) is 0 Å². The fraction of sp³-hybridized carbons (Fsp3) is 0.692. The molecule has 0 spiro atoms. The third-order valence-electron chi connectivity index (χ3n) is 2.99. The van der Waals surface area contributed by atoms with Crippen molar-refractivity contribution in [2.75, 3.05) is 19.7 Å². The molecule has 6 nitrogen and oxygen atoms in total. The van der Waals surface area contributed by atoms with Crippen LogP contribution in [0.5, 0.6) is 0 Å². The molecule has 106 valence electrons. The van der Waals surface area contributed by atoms with E-state index in [0.717, 1.165) is 12.8 Å². The fourth-order valence-electron chi connectivity index (χ4n) is 1.86. The highest BCUT2D eigenvalue weighted by atomic mass is 16.5. The molecule has 1 saturated heterocycles. The number of nitrogens with one attached hydrogen (secondary N) is 1. The summed E-state index contributed by atoms with van der Waals surface area (Å²) in [4.78, 5) is 23.8. The number of carbonyl (C=O) groups excluding carboxylic acids is 1. The number of carbonyl (C=O) groups is 2. The number of hydrogen-bond donors (Lipinski definition) is 2. The molecule has 2 N–H and O–H groups in total. The van der Waals surface area contributed by atoms with Gasteiger partial charge in [-0.05, 0) is 19.8 Å². The van der Waals surface area contributed by atoms with Gasteiger partial charge in [-0.1, -0.05) is 5.92 Å². The average molecular weight is 268 g/mol. The van der Waals surface area contributed by atoms with Gasteiger partial charge in [0.05, 0.1) is 25.2 Å². The van der Waals surface area contributed by atoms with Gasteiger partial charge in [0.2, 0.25) is 0 Å². The predicted molar refractivity (Wildman–Crippen MR) is 69.6 cm³/mol. The number of amides is 2. The van der Waals surface area contributed by atoms with E-state index in [1.165, 1.54) is 0 Å². The molecule has 0 aromatic heterocycles. The first kappa shape index (κ1) is 15.3. The second-order valence-electron chi connectivity index (χ2n) is 4.54. The lowest BCUT2D eigenvalue weighted by Crippen LogP contribution is -2.48. The van der Waals surface area contributed by atoms with Crippen molar-refractivity contribution in [3.8, 4) is 12.3 Å². The average Bonchev–Trinajstić information content (AvgIpc) is 2.38. The van der Waals surface area contributed by atoms with Crippen molar-refractivity contribution in [2.45, 2.75) is 38.3 Å². The quantitative estimate of drug-likeness (QED) is 0.718. The maximum absolute atomic E-state index is 11.8. The maximum atomic E-state index is 11.8. The minimum atomic E-state index is -0.861. The summed E-state index contributed by atoms with van der Waals surface area (Å²) in [6.45, 7) is 3.17. The Morgan fingerprint density at radius 3 is 2.68 bits per heavy atom. The van der Waals surface area contributed by atoms with Gasteiger partial charge in [0.25, 0.3) is 0 Å². The van der Waals surface area contributed by atoms with Crippen LogP contribution in [-0.2, 0) is 9.53 Å². The number of likely N-dealkylation sites (tertiary alicyclic amines) is 1. The van der Waals surface area contributed by atoms with E-state index in [0.29, 0.717) is 13.1 Å². The molecule has 0 radical (unpaired) electrons. The van der Waals surface area contributed by atoms with E-state index in [4.69, 9.17) is 16.3 Å². The summed E-state index contributed by atoms with van der Waals surface area (Å²) in [6, 6.07) is -0.438. The van der Waals surface area contributed by atoms with E-state index in [1.54, 1.807) is 11.8 Å². The van der Waals surface area contributed by atoms with Gasteiger partial charge in [0.15, 0.2) is 0 Å². The molecule has 1 atom stereocenters. The fourth-order valence-corrected chi connectivity index (χ4v) is 1.86. The second kappa shape index (κ2) is 7.64. The number of terminal acetylenes is 1. The molecule has 19 heavy (non-hydrogen) atoms. The summed E-state index contributed by atoms with van der Waals surface area (Å²) in [5, 5.41) is 11.2. The monoisotopic (exact) mass is 268 g/mol. The molecule has 1 unspecified atom stereocenters. The van der Waals surface area contributed by atoms with Crippen molar-refractivity contribution in [1.82, 2.24) is 10.2 Å². The number of urea groups is 1. The Bertz CT molecular complexity index is 356. The van der Waals surface area contributed by atoms with Crippen molar-refractivity contribution in [2.24, 2.45) is 0 Å². The summed E-state index contributed by atoms with van der Waals surface area (Å²) >= 11 is 0. The molecule has 6 heteroatoms. The van der Waals surface area contributed by atoms with Crippen LogP contribution in [0.4, 0.5) is 4.79 Å². The molecule has 2 amide bonds. The van der Waals surface area contributed by atoms with E-state index in [9.17, 15) is 9.59 Å². The van der Waals surface area contributed by atoms with Gasteiger partial charge in [-0.25, -0.2) is 4.79 Å². The number of rotatable bonds is 5. The van der Waals surface area contributed by atoms with Crippen LogP contribution in [0.3, 0.4) is 0 Å². The van der Waals surface area contributed by atoms with Gasteiger partial charge in [-0.3, -0.25) is 4.79 Å². The number of piperidine rings is 1. The molecule has 1 rings (SSSR count). The number of carboxylic acids is 1. The summed E-state index contributed by atoms with van der Waals surface area (Å²) < 4.78 is 5.45. The summed E-state index contributed by atoms with van der Waals surface area (Å²) in [6.07, 6.45) is 6.69. The first-order valence-corrected chi connectivity index (χ1v) is 6.38. The zero-order chi connectivity index (χ0) is 14.3. The number of nitrogens with zero attached hydrogens (tertiary/aromatic N) is 1. The van der Waals surface area contributed by atoms with E-state index in [2.05, 4.69) is 11.2 Å². The van der Waals surface area contributed by atoms with Gasteiger partial charge >= 0.3 is 12.0 Å². The van der Waals surface area contributed by atoms with Gasteiger partial charge in [-0.15, -0.1) is 6.42 Å². The van der Waals surface area contributed by atoms with Crippen LogP contribution in [0, 0.1) is 12.3 Å². The normalized spacial score (nSPS) is 17.6. The Morgan fingerprint density at radius 1 is 1.53 bits per heavy atom. The number of ether oxygens (including phenoxy) is 1. The van der Waals surface area contributed by atoms with E-state index < -0.39 is 5.97 Å². The third kappa shape index (κ3) is 5.62. The predicted octanol–water partition coefficient (Wildman–Crippen LogP) is 0.673. The first-order chi connectivity index (χ1) is 9.02. The Morgan fingerprint density at radius 2 is 2.16 bits per heavy atom. The highest BCUT2D eigenvalue weighted by Gasteiger charge is 2.23. The Labute approximate surface area is 113 Å². The highest BCUT2D eigenvalue weighted by Crippen LogP contribution is 2.14. The van der Waals surface area contributed by atoms with Crippen molar-refractivity contribution in [3.63, 3.8) is 0 Å². The van der Waals surface area contributed by atoms with Gasteiger partial charge in [0.1, 0.15) is 0 Å².